The molecule has 4 nitrogen and oxygen atoms in total. The van der Waals surface area contributed by atoms with Gasteiger partial charge in [0.2, 0.25) is 5.95 Å². The number of hydrogen-bond donors (Lipinski definition) is 0. The lowest BCUT2D eigenvalue weighted by molar-refractivity contribution is 1.01. The van der Waals surface area contributed by atoms with Crippen LogP contribution in [0, 0.1) is 0 Å². The molecule has 4 aromatic heterocycles. The normalized spacial score (nSPS) is 12.0. The van der Waals surface area contributed by atoms with Crippen molar-refractivity contribution in [2.75, 3.05) is 0 Å². The fourth-order valence-corrected chi connectivity index (χ4v) is 9.72. The minimum Gasteiger partial charge on any atom is -0.309 e. The topological polar surface area (TPSA) is 35.6 Å². The van der Waals surface area contributed by atoms with Gasteiger partial charge in [0.1, 0.15) is 0 Å². The van der Waals surface area contributed by atoms with E-state index in [0.717, 1.165) is 38.9 Å². The van der Waals surface area contributed by atoms with Crippen LogP contribution in [-0.2, 0) is 0 Å². The molecule has 0 aliphatic heterocycles. The Kier molecular flexibility index (Phi) is 6.47. The van der Waals surface area contributed by atoms with Gasteiger partial charge >= 0.3 is 0 Å². The van der Waals surface area contributed by atoms with Crippen molar-refractivity contribution in [1.82, 2.24) is 19.1 Å². The predicted molar refractivity (Wildman–Crippen MR) is 232 cm³/mol. The van der Waals surface area contributed by atoms with E-state index >= 15 is 0 Å². The van der Waals surface area contributed by atoms with Crippen molar-refractivity contribution in [3.8, 4) is 34.0 Å². The van der Waals surface area contributed by atoms with Crippen molar-refractivity contribution in [3.63, 3.8) is 0 Å². The number of hydrogen-bond acceptors (Lipinski definition) is 3. The van der Waals surface area contributed by atoms with Crippen LogP contribution in [0.3, 0.4) is 0 Å². The van der Waals surface area contributed by atoms with E-state index in [0.29, 0.717) is 5.95 Å². The van der Waals surface area contributed by atoms with Crippen LogP contribution in [0.4, 0.5) is 0 Å². The summed E-state index contributed by atoms with van der Waals surface area (Å²) in [4.78, 5) is 10.6. The largest absolute Gasteiger partial charge is 0.309 e. The molecular formula is C50H30N4S. The van der Waals surface area contributed by atoms with Gasteiger partial charge in [0, 0.05) is 58.4 Å². The summed E-state index contributed by atoms with van der Waals surface area (Å²) in [5.74, 6) is 0.665. The SMILES string of the molecule is c1ccc(-n2c3ccccc3c3cc(-c4ccc5c(c4)c4ccccc4n5-c4nc(-c5ccc6sc7ccccc7c6c5)c5ccccc5n4)ccc32)cc1. The van der Waals surface area contributed by atoms with Gasteiger partial charge in [-0.15, -0.1) is 11.3 Å². The summed E-state index contributed by atoms with van der Waals surface area (Å²) in [6.07, 6.45) is 0. The molecule has 0 radical (unpaired) electrons. The second kappa shape index (κ2) is 11.7. The Bertz CT molecular complexity index is 3500. The van der Waals surface area contributed by atoms with Gasteiger partial charge in [-0.1, -0.05) is 109 Å². The van der Waals surface area contributed by atoms with Gasteiger partial charge in [-0.2, -0.15) is 0 Å². The minimum absolute atomic E-state index is 0.665. The van der Waals surface area contributed by atoms with Crippen LogP contribution in [0.2, 0.25) is 0 Å². The predicted octanol–water partition coefficient (Wildman–Crippen LogP) is 13.5. The minimum atomic E-state index is 0.665. The third kappa shape index (κ3) is 4.57. The first-order valence-electron chi connectivity index (χ1n) is 18.6. The highest BCUT2D eigenvalue weighted by Gasteiger charge is 2.19. The molecule has 0 aliphatic carbocycles. The quantitative estimate of drug-likeness (QED) is 0.182. The van der Waals surface area contributed by atoms with Gasteiger partial charge in [0.15, 0.2) is 0 Å². The fourth-order valence-electron chi connectivity index (χ4n) is 8.63. The molecule has 8 aromatic carbocycles. The Morgan fingerprint density at radius 2 is 0.873 bits per heavy atom. The van der Waals surface area contributed by atoms with Crippen molar-refractivity contribution in [2.24, 2.45) is 0 Å². The maximum Gasteiger partial charge on any atom is 0.235 e. The molecule has 0 aliphatic rings. The molecule has 55 heavy (non-hydrogen) atoms. The first kappa shape index (κ1) is 30.4. The molecule has 0 spiro atoms. The highest BCUT2D eigenvalue weighted by Crippen LogP contribution is 2.40. The Labute approximate surface area is 319 Å². The lowest BCUT2D eigenvalue weighted by atomic mass is 10.0. The van der Waals surface area contributed by atoms with Crippen LogP contribution < -0.4 is 0 Å². The van der Waals surface area contributed by atoms with E-state index < -0.39 is 0 Å². The standard InChI is InChI=1S/C50H30N4S/c1-2-12-34(13-3-1)53-43-19-9-5-14-35(43)39-28-31(22-25-45(39)53)32-23-26-46-40(29-32)36-15-6-10-20-44(36)54(46)50-51-42-18-8-4-17-38(42)49(52-50)33-24-27-48-41(30-33)37-16-7-11-21-47(37)55-48/h1-30H. The highest BCUT2D eigenvalue weighted by molar-refractivity contribution is 7.25. The lowest BCUT2D eigenvalue weighted by Gasteiger charge is -2.12. The van der Waals surface area contributed by atoms with Gasteiger partial charge < -0.3 is 4.57 Å². The molecule has 12 rings (SSSR count). The molecule has 0 unspecified atom stereocenters. The summed E-state index contributed by atoms with van der Waals surface area (Å²) >= 11 is 1.84. The number of para-hydroxylation sites is 4. The number of aromatic nitrogens is 4. The molecule has 0 amide bonds. The van der Waals surface area contributed by atoms with Crippen molar-refractivity contribution < 1.29 is 0 Å². The van der Waals surface area contributed by atoms with E-state index in [9.17, 15) is 0 Å². The number of thiophene rings is 1. The zero-order chi connectivity index (χ0) is 36.0. The third-order valence-electron chi connectivity index (χ3n) is 11.1. The summed E-state index contributed by atoms with van der Waals surface area (Å²) in [5, 5.41) is 8.41. The van der Waals surface area contributed by atoms with Crippen molar-refractivity contribution in [3.05, 3.63) is 182 Å². The number of nitrogens with zero attached hydrogens (tertiary/aromatic N) is 4. The third-order valence-corrected chi connectivity index (χ3v) is 12.3. The van der Waals surface area contributed by atoms with Crippen molar-refractivity contribution >= 4 is 86.0 Å². The summed E-state index contributed by atoms with van der Waals surface area (Å²) in [7, 11) is 0. The molecule has 0 atom stereocenters. The molecule has 4 heterocycles. The molecule has 0 bridgehead atoms. The van der Waals surface area contributed by atoms with Gasteiger partial charge in [0.25, 0.3) is 0 Å². The molecule has 0 fully saturated rings. The average Bonchev–Trinajstić information content (AvgIpc) is 3.90. The van der Waals surface area contributed by atoms with Crippen LogP contribution in [0.25, 0.3) is 109 Å². The first-order valence-corrected chi connectivity index (χ1v) is 19.4. The maximum atomic E-state index is 5.41. The summed E-state index contributed by atoms with van der Waals surface area (Å²) in [6.45, 7) is 0. The van der Waals surface area contributed by atoms with E-state index in [-0.39, 0.29) is 0 Å². The van der Waals surface area contributed by atoms with Gasteiger partial charge in [0.05, 0.1) is 33.3 Å². The Morgan fingerprint density at radius 1 is 0.345 bits per heavy atom. The molecule has 5 heteroatoms. The van der Waals surface area contributed by atoms with Crippen LogP contribution in [-0.4, -0.2) is 19.1 Å². The Morgan fingerprint density at radius 3 is 1.62 bits per heavy atom. The van der Waals surface area contributed by atoms with Crippen LogP contribution in [0.5, 0.6) is 0 Å². The fraction of sp³-hybridized carbons (Fsp3) is 0. The van der Waals surface area contributed by atoms with Crippen LogP contribution in [0.1, 0.15) is 0 Å². The molecule has 0 N–H and O–H groups in total. The van der Waals surface area contributed by atoms with E-state index in [2.05, 4.69) is 191 Å². The second-order valence-electron chi connectivity index (χ2n) is 14.2. The smallest absolute Gasteiger partial charge is 0.235 e. The summed E-state index contributed by atoms with van der Waals surface area (Å²) < 4.78 is 7.18. The van der Waals surface area contributed by atoms with Crippen molar-refractivity contribution in [1.29, 1.82) is 0 Å². The first-order chi connectivity index (χ1) is 27.3. The number of benzene rings is 8. The van der Waals surface area contributed by atoms with Crippen molar-refractivity contribution in [2.45, 2.75) is 0 Å². The highest BCUT2D eigenvalue weighted by atomic mass is 32.1. The lowest BCUT2D eigenvalue weighted by Crippen LogP contribution is -2.03. The van der Waals surface area contributed by atoms with Crippen LogP contribution in [0.15, 0.2) is 182 Å². The zero-order valence-corrected chi connectivity index (χ0v) is 30.3. The molecule has 0 saturated heterocycles. The van der Waals surface area contributed by atoms with Crippen LogP contribution >= 0.6 is 11.3 Å². The van der Waals surface area contributed by atoms with Gasteiger partial charge in [-0.05, 0) is 83.9 Å². The summed E-state index contributed by atoms with van der Waals surface area (Å²) in [6, 6.07) is 65.4. The maximum absolute atomic E-state index is 5.41. The van der Waals surface area contributed by atoms with E-state index in [4.69, 9.17) is 9.97 Å². The molecular weight excluding hydrogens is 689 g/mol. The summed E-state index contributed by atoms with van der Waals surface area (Å²) in [5.41, 5.74) is 11.0. The number of fused-ring (bicyclic) bond motifs is 10. The average molecular weight is 719 g/mol. The second-order valence-corrected chi connectivity index (χ2v) is 15.3. The Balaban J connectivity index is 1.05. The monoisotopic (exact) mass is 718 g/mol. The van der Waals surface area contributed by atoms with E-state index in [1.807, 2.05) is 11.3 Å². The number of rotatable bonds is 4. The molecule has 0 saturated carbocycles. The molecule has 12 aromatic rings. The van der Waals surface area contributed by atoms with E-state index in [1.54, 1.807) is 0 Å². The zero-order valence-electron chi connectivity index (χ0n) is 29.5. The van der Waals surface area contributed by atoms with E-state index in [1.165, 1.54) is 63.9 Å². The Hall–Kier alpha value is -7.08. The van der Waals surface area contributed by atoms with Gasteiger partial charge in [-0.3, -0.25) is 4.57 Å². The molecule has 256 valence electrons. The van der Waals surface area contributed by atoms with Gasteiger partial charge in [-0.25, -0.2) is 9.97 Å².